The number of carbonyl (C=O) groups is 3. The Balaban J connectivity index is 1.55. The summed E-state index contributed by atoms with van der Waals surface area (Å²) in [6, 6.07) is 7.47. The van der Waals surface area contributed by atoms with Gasteiger partial charge in [0.05, 0.1) is 17.5 Å². The maximum Gasteiger partial charge on any atom is 0.356 e. The fraction of sp³-hybridized carbons (Fsp3) is 0.389. The Hall–Kier alpha value is -2.35. The van der Waals surface area contributed by atoms with Crippen molar-refractivity contribution in [3.05, 3.63) is 34.4 Å². The van der Waals surface area contributed by atoms with Crippen LogP contribution < -0.4 is 0 Å². The van der Waals surface area contributed by atoms with Crippen molar-refractivity contribution >= 4 is 44.7 Å². The Morgan fingerprint density at radius 1 is 1.23 bits per heavy atom. The first-order valence-corrected chi connectivity index (χ1v) is 9.09. The van der Waals surface area contributed by atoms with E-state index >= 15 is 0 Å². The lowest BCUT2D eigenvalue weighted by Gasteiger charge is -2.30. The second kappa shape index (κ2) is 7.90. The number of H-pyrrole nitrogens is 1. The number of fused-ring (bicyclic) bond motifs is 1. The number of hydrogen-bond donors (Lipinski definition) is 1. The van der Waals surface area contributed by atoms with Crippen LogP contribution in [-0.2, 0) is 19.1 Å². The second-order valence-electron chi connectivity index (χ2n) is 6.11. The number of ether oxygens (including phenoxy) is 2. The van der Waals surface area contributed by atoms with E-state index in [4.69, 9.17) is 9.47 Å². The molecule has 1 aliphatic rings. The van der Waals surface area contributed by atoms with E-state index in [-0.39, 0.29) is 30.1 Å². The molecule has 0 atom stereocenters. The van der Waals surface area contributed by atoms with Crippen LogP contribution in [0.15, 0.2) is 28.7 Å². The van der Waals surface area contributed by atoms with Crippen molar-refractivity contribution in [3.8, 4) is 0 Å². The van der Waals surface area contributed by atoms with Crippen LogP contribution in [0.25, 0.3) is 10.9 Å². The summed E-state index contributed by atoms with van der Waals surface area (Å²) in [7, 11) is 1.36. The lowest BCUT2D eigenvalue weighted by Crippen LogP contribution is -2.42. The third kappa shape index (κ3) is 3.75. The molecule has 1 aromatic heterocycles. The highest BCUT2D eigenvalue weighted by Crippen LogP contribution is 2.28. The van der Waals surface area contributed by atoms with Crippen LogP contribution in [0.4, 0.5) is 0 Å². The first-order valence-electron chi connectivity index (χ1n) is 8.30. The Morgan fingerprint density at radius 3 is 2.58 bits per heavy atom. The van der Waals surface area contributed by atoms with Gasteiger partial charge >= 0.3 is 11.9 Å². The summed E-state index contributed by atoms with van der Waals surface area (Å²) in [6.45, 7) is 0.571. The first kappa shape index (κ1) is 18.4. The number of esters is 2. The predicted octanol–water partition coefficient (Wildman–Crippen LogP) is 2.50. The van der Waals surface area contributed by atoms with E-state index in [1.165, 1.54) is 7.11 Å². The molecule has 0 spiro atoms. The van der Waals surface area contributed by atoms with E-state index in [0.717, 1.165) is 10.9 Å². The number of methoxy groups -OCH3 is 1. The number of carbonyl (C=O) groups excluding carboxylic acids is 3. The largest absolute Gasteiger partial charge is 0.469 e. The number of nitrogens with zero attached hydrogens (tertiary/aromatic N) is 1. The van der Waals surface area contributed by atoms with Gasteiger partial charge in [-0.05, 0) is 34.8 Å². The Kier molecular flexibility index (Phi) is 5.61. The molecule has 8 heteroatoms. The molecule has 1 fully saturated rings. The van der Waals surface area contributed by atoms with Gasteiger partial charge in [0.2, 0.25) is 0 Å². The molecule has 1 saturated heterocycles. The second-order valence-corrected chi connectivity index (χ2v) is 6.91. The molecule has 2 heterocycles. The minimum absolute atomic E-state index is 0.172. The lowest BCUT2D eigenvalue weighted by atomic mass is 9.97. The summed E-state index contributed by atoms with van der Waals surface area (Å²) in [4.78, 5) is 40.7. The fourth-order valence-corrected chi connectivity index (χ4v) is 3.68. The number of para-hydroxylation sites is 1. The molecule has 7 nitrogen and oxygen atoms in total. The molecule has 0 aliphatic carbocycles. The van der Waals surface area contributed by atoms with Crippen LogP contribution in [0.5, 0.6) is 0 Å². The SMILES string of the molecule is COC(=O)C1CCN(C(=O)COC(=O)c2[nH]c3ccccc3c2Br)CC1. The van der Waals surface area contributed by atoms with Gasteiger partial charge in [-0.2, -0.15) is 0 Å². The highest BCUT2D eigenvalue weighted by atomic mass is 79.9. The van der Waals surface area contributed by atoms with Crippen molar-refractivity contribution in [2.75, 3.05) is 26.8 Å². The molecule has 0 bridgehead atoms. The minimum atomic E-state index is -0.592. The number of nitrogens with one attached hydrogen (secondary N) is 1. The summed E-state index contributed by atoms with van der Waals surface area (Å²) in [5.41, 5.74) is 1.09. The summed E-state index contributed by atoms with van der Waals surface area (Å²) in [6.07, 6.45) is 1.11. The highest BCUT2D eigenvalue weighted by Gasteiger charge is 2.28. The van der Waals surface area contributed by atoms with Crippen molar-refractivity contribution in [1.82, 2.24) is 9.88 Å². The van der Waals surface area contributed by atoms with Gasteiger partial charge in [0.25, 0.3) is 5.91 Å². The normalized spacial score (nSPS) is 15.1. The summed E-state index contributed by atoms with van der Waals surface area (Å²) < 4.78 is 10.5. The molecule has 26 heavy (non-hydrogen) atoms. The van der Waals surface area contributed by atoms with Gasteiger partial charge in [0.15, 0.2) is 6.61 Å². The topological polar surface area (TPSA) is 88.7 Å². The van der Waals surface area contributed by atoms with Crippen LogP contribution in [-0.4, -0.2) is 54.5 Å². The monoisotopic (exact) mass is 422 g/mol. The predicted molar refractivity (Wildman–Crippen MR) is 97.6 cm³/mol. The zero-order valence-corrected chi connectivity index (χ0v) is 15.9. The van der Waals surface area contributed by atoms with E-state index in [1.807, 2.05) is 24.3 Å². The average Bonchev–Trinajstić information content (AvgIpc) is 3.02. The molecule has 2 aromatic rings. The molecule has 3 rings (SSSR count). The number of halogens is 1. The van der Waals surface area contributed by atoms with Gasteiger partial charge in [-0.15, -0.1) is 0 Å². The molecule has 0 radical (unpaired) electrons. The Labute approximate surface area is 158 Å². The van der Waals surface area contributed by atoms with E-state index in [0.29, 0.717) is 30.4 Å². The maximum absolute atomic E-state index is 12.3. The number of hydrogen-bond acceptors (Lipinski definition) is 5. The van der Waals surface area contributed by atoms with Crippen molar-refractivity contribution in [2.24, 2.45) is 5.92 Å². The first-order chi connectivity index (χ1) is 12.5. The van der Waals surface area contributed by atoms with Gasteiger partial charge in [0, 0.05) is 24.0 Å². The lowest BCUT2D eigenvalue weighted by molar-refractivity contribution is -0.149. The number of likely N-dealkylation sites (tertiary alicyclic amines) is 1. The molecule has 0 unspecified atom stereocenters. The minimum Gasteiger partial charge on any atom is -0.469 e. The average molecular weight is 423 g/mol. The molecular weight excluding hydrogens is 404 g/mol. The van der Waals surface area contributed by atoms with Crippen LogP contribution in [0.3, 0.4) is 0 Å². The van der Waals surface area contributed by atoms with Crippen molar-refractivity contribution < 1.29 is 23.9 Å². The molecule has 1 aliphatic heterocycles. The quantitative estimate of drug-likeness (QED) is 0.764. The third-order valence-corrected chi connectivity index (χ3v) is 5.38. The van der Waals surface area contributed by atoms with E-state index < -0.39 is 5.97 Å². The zero-order chi connectivity index (χ0) is 18.7. The van der Waals surface area contributed by atoms with Crippen LogP contribution in [0.1, 0.15) is 23.3 Å². The zero-order valence-electron chi connectivity index (χ0n) is 14.3. The van der Waals surface area contributed by atoms with E-state index in [9.17, 15) is 14.4 Å². The van der Waals surface area contributed by atoms with Crippen molar-refractivity contribution in [2.45, 2.75) is 12.8 Å². The molecular formula is C18H19BrN2O5. The van der Waals surface area contributed by atoms with Gasteiger partial charge in [-0.25, -0.2) is 4.79 Å². The standard InChI is InChI=1S/C18H19BrN2O5/c1-25-17(23)11-6-8-21(9-7-11)14(22)10-26-18(24)16-15(19)12-4-2-3-5-13(12)20-16/h2-5,11,20H,6-10H2,1H3. The number of amides is 1. The number of piperidine rings is 1. The van der Waals surface area contributed by atoms with E-state index in [1.54, 1.807) is 4.90 Å². The summed E-state index contributed by atoms with van der Waals surface area (Å²) >= 11 is 3.39. The summed E-state index contributed by atoms with van der Waals surface area (Å²) in [5.74, 6) is -1.28. The summed E-state index contributed by atoms with van der Waals surface area (Å²) in [5, 5.41) is 0.871. The van der Waals surface area contributed by atoms with E-state index in [2.05, 4.69) is 20.9 Å². The molecule has 138 valence electrons. The van der Waals surface area contributed by atoms with Gasteiger partial charge in [-0.1, -0.05) is 18.2 Å². The maximum atomic E-state index is 12.3. The number of aromatic amines is 1. The van der Waals surface area contributed by atoms with Crippen molar-refractivity contribution in [1.29, 1.82) is 0 Å². The Bertz CT molecular complexity index is 839. The highest BCUT2D eigenvalue weighted by molar-refractivity contribution is 9.10. The molecule has 0 saturated carbocycles. The Morgan fingerprint density at radius 2 is 1.92 bits per heavy atom. The molecule has 1 N–H and O–H groups in total. The molecule has 1 amide bonds. The van der Waals surface area contributed by atoms with Gasteiger partial charge < -0.3 is 19.4 Å². The number of aromatic nitrogens is 1. The van der Waals surface area contributed by atoms with Crippen LogP contribution in [0, 0.1) is 5.92 Å². The smallest absolute Gasteiger partial charge is 0.356 e. The van der Waals surface area contributed by atoms with Crippen molar-refractivity contribution in [3.63, 3.8) is 0 Å². The number of rotatable bonds is 4. The van der Waals surface area contributed by atoms with Gasteiger partial charge in [0.1, 0.15) is 5.69 Å². The third-order valence-electron chi connectivity index (χ3n) is 4.56. The van der Waals surface area contributed by atoms with Crippen LogP contribution >= 0.6 is 15.9 Å². The number of benzene rings is 1. The molecule has 1 aromatic carbocycles. The fourth-order valence-electron chi connectivity index (χ4n) is 3.07. The van der Waals surface area contributed by atoms with Crippen LogP contribution in [0.2, 0.25) is 0 Å². The van der Waals surface area contributed by atoms with Gasteiger partial charge in [-0.3, -0.25) is 9.59 Å².